The highest BCUT2D eigenvalue weighted by Gasteiger charge is 2.41. The van der Waals surface area contributed by atoms with E-state index in [4.69, 9.17) is 10.00 Å². The highest BCUT2D eigenvalue weighted by Crippen LogP contribution is 2.47. The number of nitriles is 1. The standard InChI is InChI=1S/C13H23N3O/c1-2-16-7-8-17-12(10-16)9-15-11-13(3-4-13)5-6-14/h12,15H,2-5,7-11H2,1H3. The Balaban J connectivity index is 1.63. The Labute approximate surface area is 104 Å². The molecule has 0 aromatic rings. The van der Waals surface area contributed by atoms with Gasteiger partial charge in [-0.3, -0.25) is 4.90 Å². The molecule has 4 nitrogen and oxygen atoms in total. The van der Waals surface area contributed by atoms with Gasteiger partial charge in [0, 0.05) is 32.6 Å². The summed E-state index contributed by atoms with van der Waals surface area (Å²) in [5, 5.41) is 12.2. The summed E-state index contributed by atoms with van der Waals surface area (Å²) in [5.41, 5.74) is 0.299. The maximum Gasteiger partial charge on any atom is 0.0826 e. The average molecular weight is 237 g/mol. The largest absolute Gasteiger partial charge is 0.374 e. The SMILES string of the molecule is CCN1CCOC(CNCC2(CC#N)CC2)C1. The Bertz CT molecular complexity index is 283. The van der Waals surface area contributed by atoms with Crippen LogP contribution >= 0.6 is 0 Å². The molecular weight excluding hydrogens is 214 g/mol. The van der Waals surface area contributed by atoms with Crippen molar-refractivity contribution in [3.63, 3.8) is 0 Å². The molecule has 4 heteroatoms. The number of hydrogen-bond acceptors (Lipinski definition) is 4. The molecule has 2 fully saturated rings. The van der Waals surface area contributed by atoms with Crippen molar-refractivity contribution < 1.29 is 4.74 Å². The number of nitrogens with one attached hydrogen (secondary N) is 1. The van der Waals surface area contributed by atoms with E-state index >= 15 is 0 Å². The number of hydrogen-bond donors (Lipinski definition) is 1. The monoisotopic (exact) mass is 237 g/mol. The summed E-state index contributed by atoms with van der Waals surface area (Å²) in [6, 6.07) is 2.30. The fourth-order valence-electron chi connectivity index (χ4n) is 2.45. The Morgan fingerprint density at radius 1 is 1.53 bits per heavy atom. The molecular formula is C13H23N3O. The first-order valence-corrected chi connectivity index (χ1v) is 6.70. The average Bonchev–Trinajstić information content (AvgIpc) is 3.10. The predicted molar refractivity (Wildman–Crippen MR) is 66.6 cm³/mol. The molecule has 0 aromatic carbocycles. The van der Waals surface area contributed by atoms with Gasteiger partial charge in [0.15, 0.2) is 0 Å². The molecule has 96 valence electrons. The maximum atomic E-state index is 8.75. The summed E-state index contributed by atoms with van der Waals surface area (Å²) < 4.78 is 5.74. The third kappa shape index (κ3) is 3.67. The molecule has 0 radical (unpaired) electrons. The normalized spacial score (nSPS) is 27.6. The van der Waals surface area contributed by atoms with Crippen LogP contribution < -0.4 is 5.32 Å². The van der Waals surface area contributed by atoms with Crippen molar-refractivity contribution in [1.82, 2.24) is 10.2 Å². The van der Waals surface area contributed by atoms with Gasteiger partial charge in [-0.25, -0.2) is 0 Å². The first-order valence-electron chi connectivity index (χ1n) is 6.70. The highest BCUT2D eigenvalue weighted by atomic mass is 16.5. The molecule has 1 unspecified atom stereocenters. The van der Waals surface area contributed by atoms with Crippen molar-refractivity contribution in [2.45, 2.75) is 32.3 Å². The molecule has 0 amide bonds. The molecule has 1 N–H and O–H groups in total. The lowest BCUT2D eigenvalue weighted by molar-refractivity contribution is -0.0256. The van der Waals surface area contributed by atoms with E-state index in [1.807, 2.05) is 0 Å². The van der Waals surface area contributed by atoms with Crippen LogP contribution in [-0.2, 0) is 4.74 Å². The van der Waals surface area contributed by atoms with Gasteiger partial charge in [-0.1, -0.05) is 6.92 Å². The van der Waals surface area contributed by atoms with Crippen LogP contribution in [0.3, 0.4) is 0 Å². The molecule has 0 bridgehead atoms. The zero-order valence-electron chi connectivity index (χ0n) is 10.7. The number of morpholine rings is 1. The summed E-state index contributed by atoms with van der Waals surface area (Å²) in [6.07, 6.45) is 3.44. The summed E-state index contributed by atoms with van der Waals surface area (Å²) in [4.78, 5) is 2.43. The Hall–Kier alpha value is -0.630. The van der Waals surface area contributed by atoms with Crippen molar-refractivity contribution >= 4 is 0 Å². The van der Waals surface area contributed by atoms with Gasteiger partial charge >= 0.3 is 0 Å². The van der Waals surface area contributed by atoms with Gasteiger partial charge in [-0.2, -0.15) is 5.26 Å². The lowest BCUT2D eigenvalue weighted by atomic mass is 10.0. The number of rotatable bonds is 6. The zero-order chi connectivity index (χ0) is 12.1. The maximum absolute atomic E-state index is 8.75. The molecule has 1 aliphatic carbocycles. The van der Waals surface area contributed by atoms with E-state index in [2.05, 4.69) is 23.2 Å². The van der Waals surface area contributed by atoms with Crippen molar-refractivity contribution in [2.24, 2.45) is 5.41 Å². The van der Waals surface area contributed by atoms with E-state index in [1.165, 1.54) is 12.8 Å². The minimum atomic E-state index is 0.299. The van der Waals surface area contributed by atoms with E-state index in [-0.39, 0.29) is 0 Å². The van der Waals surface area contributed by atoms with Gasteiger partial charge in [-0.15, -0.1) is 0 Å². The van der Waals surface area contributed by atoms with E-state index in [9.17, 15) is 0 Å². The fourth-order valence-corrected chi connectivity index (χ4v) is 2.45. The first kappa shape index (κ1) is 12.8. The fraction of sp³-hybridized carbons (Fsp3) is 0.923. The van der Waals surface area contributed by atoms with E-state index in [0.717, 1.165) is 39.3 Å². The molecule has 1 saturated carbocycles. The Kier molecular flexibility index (Phi) is 4.38. The first-order chi connectivity index (χ1) is 8.28. The molecule has 2 rings (SSSR count). The summed E-state index contributed by atoms with van der Waals surface area (Å²) in [5.74, 6) is 0. The van der Waals surface area contributed by atoms with Crippen LogP contribution in [-0.4, -0.2) is 50.3 Å². The van der Waals surface area contributed by atoms with E-state index < -0.39 is 0 Å². The third-order valence-electron chi connectivity index (χ3n) is 3.95. The Morgan fingerprint density at radius 3 is 3.00 bits per heavy atom. The number of likely N-dealkylation sites (N-methyl/N-ethyl adjacent to an activating group) is 1. The number of nitrogens with zero attached hydrogens (tertiary/aromatic N) is 2. The van der Waals surface area contributed by atoms with Crippen LogP contribution in [0.15, 0.2) is 0 Å². The lowest BCUT2D eigenvalue weighted by Crippen LogP contribution is -2.47. The quantitative estimate of drug-likeness (QED) is 0.748. The van der Waals surface area contributed by atoms with Crippen molar-refractivity contribution in [1.29, 1.82) is 5.26 Å². The lowest BCUT2D eigenvalue weighted by Gasteiger charge is -2.32. The molecule has 1 aliphatic heterocycles. The second-order valence-electron chi connectivity index (χ2n) is 5.35. The molecule has 17 heavy (non-hydrogen) atoms. The Morgan fingerprint density at radius 2 is 2.35 bits per heavy atom. The topological polar surface area (TPSA) is 48.3 Å². The minimum absolute atomic E-state index is 0.299. The second kappa shape index (κ2) is 5.81. The minimum Gasteiger partial charge on any atom is -0.374 e. The summed E-state index contributed by atoms with van der Waals surface area (Å²) in [6.45, 7) is 8.15. The van der Waals surface area contributed by atoms with Gasteiger partial charge in [0.25, 0.3) is 0 Å². The number of ether oxygens (including phenoxy) is 1. The molecule has 1 heterocycles. The van der Waals surface area contributed by atoms with Crippen molar-refractivity contribution in [3.05, 3.63) is 0 Å². The highest BCUT2D eigenvalue weighted by molar-refractivity contribution is 5.00. The molecule has 0 aromatic heterocycles. The molecule has 2 aliphatic rings. The molecule has 1 saturated heterocycles. The van der Waals surface area contributed by atoms with Gasteiger partial charge in [0.1, 0.15) is 0 Å². The zero-order valence-corrected chi connectivity index (χ0v) is 10.7. The van der Waals surface area contributed by atoms with Gasteiger partial charge in [-0.05, 0) is 24.8 Å². The second-order valence-corrected chi connectivity index (χ2v) is 5.35. The van der Waals surface area contributed by atoms with Crippen LogP contribution in [0.4, 0.5) is 0 Å². The molecule has 0 spiro atoms. The van der Waals surface area contributed by atoms with Crippen LogP contribution in [0.1, 0.15) is 26.2 Å². The van der Waals surface area contributed by atoms with Gasteiger partial charge in [0.2, 0.25) is 0 Å². The summed E-state index contributed by atoms with van der Waals surface area (Å²) in [7, 11) is 0. The van der Waals surface area contributed by atoms with Crippen LogP contribution in [0.25, 0.3) is 0 Å². The van der Waals surface area contributed by atoms with Gasteiger partial charge < -0.3 is 10.1 Å². The van der Waals surface area contributed by atoms with Crippen LogP contribution in [0.2, 0.25) is 0 Å². The van der Waals surface area contributed by atoms with E-state index in [1.54, 1.807) is 0 Å². The predicted octanol–water partition coefficient (Wildman–Crippen LogP) is 0.991. The molecule has 1 atom stereocenters. The van der Waals surface area contributed by atoms with Crippen LogP contribution in [0.5, 0.6) is 0 Å². The smallest absolute Gasteiger partial charge is 0.0826 e. The van der Waals surface area contributed by atoms with Gasteiger partial charge in [0.05, 0.1) is 18.8 Å². The van der Waals surface area contributed by atoms with E-state index in [0.29, 0.717) is 17.9 Å². The van der Waals surface area contributed by atoms with Crippen LogP contribution in [0, 0.1) is 16.7 Å². The summed E-state index contributed by atoms with van der Waals surface area (Å²) >= 11 is 0. The van der Waals surface area contributed by atoms with Crippen molar-refractivity contribution in [2.75, 3.05) is 39.3 Å². The van der Waals surface area contributed by atoms with Crippen molar-refractivity contribution in [3.8, 4) is 6.07 Å². The third-order valence-corrected chi connectivity index (χ3v) is 3.95.